The molecule has 0 saturated carbocycles. The summed E-state index contributed by atoms with van der Waals surface area (Å²) < 4.78 is 19.8. The smallest absolute Gasteiger partial charge is 0.293 e. The standard InChI is InChI=1S/C21H20FNO3S/c1-3-14(2)26-18-11-7-5-8-15(18)12-19-20(24)23(21(25)27-19)13-16-9-4-6-10-17(16)22/h4-12,14H,3,13H2,1-2H3/b19-12+/t14-/m1/s1. The maximum absolute atomic E-state index is 13.9. The first kappa shape index (κ1) is 19.2. The first-order valence-electron chi connectivity index (χ1n) is 8.74. The first-order chi connectivity index (χ1) is 13.0. The molecule has 27 heavy (non-hydrogen) atoms. The predicted octanol–water partition coefficient (Wildman–Crippen LogP) is 5.24. The molecule has 1 aliphatic heterocycles. The average molecular weight is 385 g/mol. The highest BCUT2D eigenvalue weighted by Crippen LogP contribution is 2.35. The van der Waals surface area contributed by atoms with Crippen molar-refractivity contribution in [1.29, 1.82) is 0 Å². The Labute approximate surface area is 162 Å². The van der Waals surface area contributed by atoms with Crippen molar-refractivity contribution in [2.24, 2.45) is 0 Å². The van der Waals surface area contributed by atoms with E-state index < -0.39 is 17.0 Å². The summed E-state index contributed by atoms with van der Waals surface area (Å²) in [4.78, 5) is 26.3. The lowest BCUT2D eigenvalue weighted by molar-refractivity contribution is -0.123. The molecule has 1 fully saturated rings. The molecule has 2 aromatic carbocycles. The number of hydrogen-bond acceptors (Lipinski definition) is 4. The Morgan fingerprint density at radius 3 is 2.59 bits per heavy atom. The second-order valence-electron chi connectivity index (χ2n) is 6.23. The zero-order valence-corrected chi connectivity index (χ0v) is 16.0. The monoisotopic (exact) mass is 385 g/mol. The number of benzene rings is 2. The summed E-state index contributed by atoms with van der Waals surface area (Å²) in [6.07, 6.45) is 2.55. The second kappa shape index (κ2) is 8.39. The molecule has 1 saturated heterocycles. The summed E-state index contributed by atoms with van der Waals surface area (Å²) in [5.74, 6) is -0.202. The van der Waals surface area contributed by atoms with Gasteiger partial charge in [-0.1, -0.05) is 43.3 Å². The van der Waals surface area contributed by atoms with Crippen molar-refractivity contribution in [2.75, 3.05) is 0 Å². The van der Waals surface area contributed by atoms with Crippen LogP contribution in [0.4, 0.5) is 9.18 Å². The van der Waals surface area contributed by atoms with Gasteiger partial charge in [-0.3, -0.25) is 14.5 Å². The summed E-state index contributed by atoms with van der Waals surface area (Å²) >= 11 is 0.856. The first-order valence-corrected chi connectivity index (χ1v) is 9.55. The lowest BCUT2D eigenvalue weighted by Gasteiger charge is -2.15. The van der Waals surface area contributed by atoms with Crippen molar-refractivity contribution in [3.63, 3.8) is 0 Å². The van der Waals surface area contributed by atoms with Crippen LogP contribution in [-0.2, 0) is 11.3 Å². The van der Waals surface area contributed by atoms with Gasteiger partial charge in [0.1, 0.15) is 11.6 Å². The van der Waals surface area contributed by atoms with Gasteiger partial charge in [0.2, 0.25) is 0 Å². The predicted molar refractivity (Wildman–Crippen MR) is 105 cm³/mol. The second-order valence-corrected chi connectivity index (χ2v) is 7.23. The molecule has 1 atom stereocenters. The molecule has 2 aromatic rings. The van der Waals surface area contributed by atoms with Crippen LogP contribution in [0.25, 0.3) is 6.08 Å². The number of rotatable bonds is 6. The third-order valence-corrected chi connectivity index (χ3v) is 5.18. The van der Waals surface area contributed by atoms with Crippen LogP contribution in [0.2, 0.25) is 0 Å². The van der Waals surface area contributed by atoms with Crippen LogP contribution < -0.4 is 4.74 Å². The van der Waals surface area contributed by atoms with E-state index in [1.807, 2.05) is 38.1 Å². The van der Waals surface area contributed by atoms with Crippen molar-refractivity contribution >= 4 is 29.0 Å². The van der Waals surface area contributed by atoms with E-state index in [9.17, 15) is 14.0 Å². The molecule has 0 spiro atoms. The molecule has 0 aliphatic carbocycles. The highest BCUT2D eigenvalue weighted by molar-refractivity contribution is 8.18. The van der Waals surface area contributed by atoms with Crippen LogP contribution in [0.15, 0.2) is 53.4 Å². The minimum atomic E-state index is -0.437. The quantitative estimate of drug-likeness (QED) is 0.638. The van der Waals surface area contributed by atoms with Crippen LogP contribution in [0.3, 0.4) is 0 Å². The Morgan fingerprint density at radius 2 is 1.85 bits per heavy atom. The van der Waals surface area contributed by atoms with E-state index in [4.69, 9.17) is 4.74 Å². The van der Waals surface area contributed by atoms with Gasteiger partial charge in [0.15, 0.2) is 0 Å². The lowest BCUT2D eigenvalue weighted by Crippen LogP contribution is -2.27. The SMILES string of the molecule is CC[C@@H](C)Oc1ccccc1/C=C1/SC(=O)N(Cc2ccccc2F)C1=O. The molecule has 2 amide bonds. The molecule has 0 bridgehead atoms. The van der Waals surface area contributed by atoms with Crippen molar-refractivity contribution in [3.8, 4) is 5.75 Å². The van der Waals surface area contributed by atoms with Crippen molar-refractivity contribution in [2.45, 2.75) is 32.9 Å². The zero-order valence-electron chi connectivity index (χ0n) is 15.1. The van der Waals surface area contributed by atoms with Crippen molar-refractivity contribution < 1.29 is 18.7 Å². The summed E-state index contributed by atoms with van der Waals surface area (Å²) in [5.41, 5.74) is 1.04. The third-order valence-electron chi connectivity index (χ3n) is 4.27. The van der Waals surface area contributed by atoms with Gasteiger partial charge in [-0.25, -0.2) is 4.39 Å². The minimum Gasteiger partial charge on any atom is -0.490 e. The summed E-state index contributed by atoms with van der Waals surface area (Å²) in [5, 5.41) is -0.408. The van der Waals surface area contributed by atoms with Gasteiger partial charge < -0.3 is 4.74 Å². The summed E-state index contributed by atoms with van der Waals surface area (Å²) in [7, 11) is 0. The van der Waals surface area contributed by atoms with E-state index in [0.717, 1.165) is 28.6 Å². The number of carbonyl (C=O) groups is 2. The van der Waals surface area contributed by atoms with Gasteiger partial charge in [-0.15, -0.1) is 0 Å². The molecule has 0 unspecified atom stereocenters. The van der Waals surface area contributed by atoms with Crippen LogP contribution in [0.5, 0.6) is 5.75 Å². The molecule has 140 valence electrons. The van der Waals surface area contributed by atoms with E-state index >= 15 is 0 Å². The van der Waals surface area contributed by atoms with E-state index in [0.29, 0.717) is 16.2 Å². The van der Waals surface area contributed by atoms with Crippen LogP contribution >= 0.6 is 11.8 Å². The number of carbonyl (C=O) groups excluding carboxylic acids is 2. The van der Waals surface area contributed by atoms with Gasteiger partial charge in [-0.2, -0.15) is 0 Å². The van der Waals surface area contributed by atoms with Crippen LogP contribution in [0, 0.1) is 5.82 Å². The zero-order chi connectivity index (χ0) is 19.4. The van der Waals surface area contributed by atoms with Crippen LogP contribution in [-0.4, -0.2) is 22.2 Å². The molecule has 0 radical (unpaired) electrons. The van der Waals surface area contributed by atoms with E-state index in [-0.39, 0.29) is 12.6 Å². The molecule has 1 aliphatic rings. The highest BCUT2D eigenvalue weighted by atomic mass is 32.2. The normalized spacial score (nSPS) is 16.9. The fourth-order valence-electron chi connectivity index (χ4n) is 2.58. The maximum Gasteiger partial charge on any atom is 0.293 e. The van der Waals surface area contributed by atoms with E-state index in [1.54, 1.807) is 24.3 Å². The fraction of sp³-hybridized carbons (Fsp3) is 0.238. The molecule has 6 heteroatoms. The Bertz CT molecular complexity index is 897. The number of para-hydroxylation sites is 1. The van der Waals surface area contributed by atoms with Gasteiger partial charge in [0, 0.05) is 11.1 Å². The molecule has 3 rings (SSSR count). The van der Waals surface area contributed by atoms with Gasteiger partial charge in [0.25, 0.3) is 11.1 Å². The Morgan fingerprint density at radius 1 is 1.15 bits per heavy atom. The molecule has 0 N–H and O–H groups in total. The van der Waals surface area contributed by atoms with E-state index in [2.05, 4.69) is 0 Å². The molecule has 0 aromatic heterocycles. The number of imide groups is 1. The van der Waals surface area contributed by atoms with E-state index in [1.165, 1.54) is 6.07 Å². The summed E-state index contributed by atoms with van der Waals surface area (Å²) in [6.45, 7) is 3.92. The van der Waals surface area contributed by atoms with Gasteiger partial charge in [0.05, 0.1) is 17.6 Å². The number of amides is 2. The topological polar surface area (TPSA) is 46.6 Å². The number of ether oxygens (including phenoxy) is 1. The number of nitrogens with zero attached hydrogens (tertiary/aromatic N) is 1. The molecular weight excluding hydrogens is 365 g/mol. The van der Waals surface area contributed by atoms with Gasteiger partial charge in [-0.05, 0) is 43.3 Å². The number of hydrogen-bond donors (Lipinski definition) is 0. The Kier molecular flexibility index (Phi) is 5.96. The molecule has 1 heterocycles. The molecule has 4 nitrogen and oxygen atoms in total. The average Bonchev–Trinajstić information content (AvgIpc) is 2.92. The summed E-state index contributed by atoms with van der Waals surface area (Å²) in [6, 6.07) is 13.5. The maximum atomic E-state index is 13.9. The van der Waals surface area contributed by atoms with Gasteiger partial charge >= 0.3 is 0 Å². The Balaban J connectivity index is 1.84. The van der Waals surface area contributed by atoms with Crippen LogP contribution in [0.1, 0.15) is 31.4 Å². The Hall–Kier alpha value is -2.60. The fourth-order valence-corrected chi connectivity index (χ4v) is 3.41. The minimum absolute atomic E-state index is 0.0377. The molecular formula is C21H20FNO3S. The van der Waals surface area contributed by atoms with Crippen molar-refractivity contribution in [3.05, 3.63) is 70.4 Å². The number of thioether (sulfide) groups is 1. The van der Waals surface area contributed by atoms with Crippen molar-refractivity contribution in [1.82, 2.24) is 4.90 Å². The number of halogens is 1. The third kappa shape index (κ3) is 4.39. The largest absolute Gasteiger partial charge is 0.490 e. The highest BCUT2D eigenvalue weighted by Gasteiger charge is 2.35. The lowest BCUT2D eigenvalue weighted by atomic mass is 10.1.